The van der Waals surface area contributed by atoms with Crippen LogP contribution in [0, 0.1) is 0 Å². The van der Waals surface area contributed by atoms with Crippen molar-refractivity contribution in [2.45, 2.75) is 38.2 Å². The molecular formula is C19H19ClF3N5O5S. The van der Waals surface area contributed by atoms with Gasteiger partial charge in [-0.05, 0) is 39.0 Å². The van der Waals surface area contributed by atoms with E-state index in [2.05, 4.69) is 5.10 Å². The Morgan fingerprint density at radius 2 is 1.76 bits per heavy atom. The maximum absolute atomic E-state index is 13.1. The number of sulfonamides is 1. The molecular weight excluding hydrogens is 503 g/mol. The molecule has 0 spiro atoms. The Bertz CT molecular complexity index is 1520. The average molecular weight is 522 g/mol. The van der Waals surface area contributed by atoms with Crippen molar-refractivity contribution < 1.29 is 26.4 Å². The van der Waals surface area contributed by atoms with Gasteiger partial charge in [-0.1, -0.05) is 11.6 Å². The number of rotatable bonds is 5. The number of alkyl halides is 3. The van der Waals surface area contributed by atoms with Crippen LogP contribution in [0.5, 0.6) is 0 Å². The van der Waals surface area contributed by atoms with Crippen LogP contribution in [0.15, 0.2) is 33.9 Å². The number of hydrogen-bond acceptors (Lipinski definition) is 6. The van der Waals surface area contributed by atoms with E-state index in [0.717, 1.165) is 11.7 Å². The Kier molecular flexibility index (Phi) is 6.43. The third-order valence-electron chi connectivity index (χ3n) is 5.12. The van der Waals surface area contributed by atoms with Gasteiger partial charge < -0.3 is 0 Å². The van der Waals surface area contributed by atoms with Gasteiger partial charge in [0.2, 0.25) is 10.0 Å². The van der Waals surface area contributed by atoms with E-state index in [1.807, 2.05) is 4.72 Å². The van der Waals surface area contributed by atoms with Gasteiger partial charge >= 0.3 is 11.9 Å². The largest absolute Gasteiger partial charge is 0.431 e. The lowest BCUT2D eigenvalue weighted by molar-refractivity contribution is -0.144. The molecule has 2 heterocycles. The first-order chi connectivity index (χ1) is 15.6. The highest BCUT2D eigenvalue weighted by Gasteiger charge is 2.35. The van der Waals surface area contributed by atoms with Crippen LogP contribution in [-0.2, 0) is 28.0 Å². The zero-order chi connectivity index (χ0) is 25.7. The molecule has 1 amide bonds. The number of nitrogens with one attached hydrogen (secondary N) is 1. The SMILES string of the molecule is CC(C(=O)NS(=O)(=O)C(C)C)n1nc(Cl)c2ccc(-n3c(=O)cc(C(F)(F)F)n(C)c3=O)cc21. The average Bonchev–Trinajstić information content (AvgIpc) is 3.05. The summed E-state index contributed by atoms with van der Waals surface area (Å²) in [4.78, 5) is 37.6. The second-order valence-corrected chi connectivity index (χ2v) is 10.3. The smallest absolute Gasteiger partial charge is 0.292 e. The molecule has 1 atom stereocenters. The van der Waals surface area contributed by atoms with E-state index in [4.69, 9.17) is 11.6 Å². The van der Waals surface area contributed by atoms with Crippen LogP contribution < -0.4 is 16.0 Å². The predicted octanol–water partition coefficient (Wildman–Crippen LogP) is 1.97. The second kappa shape index (κ2) is 8.58. The molecule has 3 rings (SSSR count). The van der Waals surface area contributed by atoms with Crippen LogP contribution >= 0.6 is 11.6 Å². The van der Waals surface area contributed by atoms with E-state index >= 15 is 0 Å². The minimum atomic E-state index is -4.92. The summed E-state index contributed by atoms with van der Waals surface area (Å²) in [5.74, 6) is -0.914. The Balaban J connectivity index is 2.16. The van der Waals surface area contributed by atoms with Crippen molar-refractivity contribution in [3.8, 4) is 5.69 Å². The highest BCUT2D eigenvalue weighted by Crippen LogP contribution is 2.29. The lowest BCUT2D eigenvalue weighted by Gasteiger charge is -2.16. The van der Waals surface area contributed by atoms with E-state index in [-0.39, 0.29) is 16.4 Å². The summed E-state index contributed by atoms with van der Waals surface area (Å²) in [6, 6.07) is 3.00. The summed E-state index contributed by atoms with van der Waals surface area (Å²) in [5.41, 5.74) is -3.84. The second-order valence-electron chi connectivity index (χ2n) is 7.72. The summed E-state index contributed by atoms with van der Waals surface area (Å²) in [6.07, 6.45) is -4.92. The quantitative estimate of drug-likeness (QED) is 0.547. The van der Waals surface area contributed by atoms with Crippen LogP contribution in [-0.4, -0.2) is 38.5 Å². The first kappa shape index (κ1) is 25.5. The van der Waals surface area contributed by atoms with Gasteiger partial charge in [-0.3, -0.25) is 23.6 Å². The summed E-state index contributed by atoms with van der Waals surface area (Å²) in [7, 11) is -3.06. The van der Waals surface area contributed by atoms with Crippen molar-refractivity contribution in [2.24, 2.45) is 7.05 Å². The standard InChI is InChI=1S/C19H19ClF3N5O5S/c1-9(2)34(32,33)25-17(30)10(3)28-13-7-11(5-6-12(13)16(20)24-28)27-15(29)8-14(19(21,22)23)26(4)18(27)31/h5-10H,1-4H3,(H,25,30). The summed E-state index contributed by atoms with van der Waals surface area (Å²) >= 11 is 6.13. The minimum absolute atomic E-state index is 0.0550. The van der Waals surface area contributed by atoms with Crippen LogP contribution in [0.4, 0.5) is 13.2 Å². The molecule has 0 saturated carbocycles. The molecule has 34 heavy (non-hydrogen) atoms. The molecule has 0 saturated heterocycles. The topological polar surface area (TPSA) is 125 Å². The number of hydrogen-bond donors (Lipinski definition) is 1. The third kappa shape index (κ3) is 4.46. The molecule has 3 aromatic rings. The van der Waals surface area contributed by atoms with Crippen molar-refractivity contribution in [3.63, 3.8) is 0 Å². The maximum atomic E-state index is 13.1. The number of carbonyl (C=O) groups is 1. The molecule has 0 aliphatic carbocycles. The lowest BCUT2D eigenvalue weighted by atomic mass is 10.2. The van der Waals surface area contributed by atoms with Gasteiger partial charge in [-0.25, -0.2) is 17.8 Å². The maximum Gasteiger partial charge on any atom is 0.431 e. The molecule has 0 aliphatic rings. The molecule has 184 valence electrons. The normalized spacial score (nSPS) is 13.4. The molecule has 2 aromatic heterocycles. The number of nitrogens with zero attached hydrogens (tertiary/aromatic N) is 4. The van der Waals surface area contributed by atoms with Gasteiger partial charge in [0.25, 0.3) is 11.5 Å². The fourth-order valence-electron chi connectivity index (χ4n) is 3.11. The fraction of sp³-hybridized carbons (Fsp3) is 0.368. The van der Waals surface area contributed by atoms with E-state index in [1.165, 1.54) is 39.0 Å². The molecule has 15 heteroatoms. The van der Waals surface area contributed by atoms with Crippen LogP contribution in [0.1, 0.15) is 32.5 Å². The lowest BCUT2D eigenvalue weighted by Crippen LogP contribution is -2.40. The van der Waals surface area contributed by atoms with E-state index < -0.39 is 50.3 Å². The minimum Gasteiger partial charge on any atom is -0.292 e. The Labute approximate surface area is 195 Å². The molecule has 1 unspecified atom stereocenters. The molecule has 0 bridgehead atoms. The molecule has 0 radical (unpaired) electrons. The Morgan fingerprint density at radius 1 is 1.15 bits per heavy atom. The van der Waals surface area contributed by atoms with E-state index in [1.54, 1.807) is 0 Å². The summed E-state index contributed by atoms with van der Waals surface area (Å²) in [5, 5.41) is 3.40. The molecule has 10 nitrogen and oxygen atoms in total. The van der Waals surface area contributed by atoms with Gasteiger partial charge in [-0.15, -0.1) is 0 Å². The van der Waals surface area contributed by atoms with Gasteiger partial charge in [0.1, 0.15) is 11.7 Å². The Morgan fingerprint density at radius 3 is 2.32 bits per heavy atom. The molecule has 1 N–H and O–H groups in total. The molecule has 1 aromatic carbocycles. The van der Waals surface area contributed by atoms with Crippen molar-refractivity contribution in [3.05, 3.63) is 56.0 Å². The number of aromatic nitrogens is 4. The number of halogens is 4. The molecule has 0 fully saturated rings. The van der Waals surface area contributed by atoms with Crippen molar-refractivity contribution in [2.75, 3.05) is 0 Å². The van der Waals surface area contributed by atoms with Gasteiger partial charge in [0.05, 0.1) is 16.5 Å². The Hall–Kier alpha value is -3.13. The van der Waals surface area contributed by atoms with Gasteiger partial charge in [0.15, 0.2) is 5.15 Å². The third-order valence-corrected chi connectivity index (χ3v) is 7.13. The highest BCUT2D eigenvalue weighted by atomic mass is 35.5. The monoisotopic (exact) mass is 521 g/mol. The highest BCUT2D eigenvalue weighted by molar-refractivity contribution is 7.90. The van der Waals surface area contributed by atoms with Gasteiger partial charge in [-0.2, -0.15) is 18.3 Å². The zero-order valence-electron chi connectivity index (χ0n) is 18.2. The first-order valence-corrected chi connectivity index (χ1v) is 11.6. The number of benzene rings is 1. The number of carbonyl (C=O) groups excluding carboxylic acids is 1. The van der Waals surface area contributed by atoms with Gasteiger partial charge in [0, 0.05) is 18.5 Å². The van der Waals surface area contributed by atoms with E-state index in [0.29, 0.717) is 20.6 Å². The number of fused-ring (bicyclic) bond motifs is 1. The summed E-state index contributed by atoms with van der Waals surface area (Å²) < 4.78 is 67.3. The predicted molar refractivity (Wildman–Crippen MR) is 117 cm³/mol. The van der Waals surface area contributed by atoms with E-state index in [9.17, 15) is 36.0 Å². The van der Waals surface area contributed by atoms with Crippen LogP contribution in [0.3, 0.4) is 0 Å². The zero-order valence-corrected chi connectivity index (χ0v) is 19.8. The fourth-order valence-corrected chi connectivity index (χ4v) is 4.04. The van der Waals surface area contributed by atoms with Crippen molar-refractivity contribution in [1.82, 2.24) is 23.6 Å². The van der Waals surface area contributed by atoms with Crippen molar-refractivity contribution >= 4 is 38.4 Å². The van der Waals surface area contributed by atoms with Crippen LogP contribution in [0.2, 0.25) is 5.15 Å². The van der Waals surface area contributed by atoms with Crippen molar-refractivity contribution in [1.29, 1.82) is 0 Å². The van der Waals surface area contributed by atoms with Crippen LogP contribution in [0.25, 0.3) is 16.6 Å². The summed E-state index contributed by atoms with van der Waals surface area (Å²) in [6.45, 7) is 4.12. The molecule has 0 aliphatic heterocycles. The number of amides is 1. The first-order valence-electron chi connectivity index (χ1n) is 9.70.